The summed E-state index contributed by atoms with van der Waals surface area (Å²) in [5.41, 5.74) is 0.947. The Labute approximate surface area is 148 Å². The molecule has 5 heteroatoms. The molecule has 0 bridgehead atoms. The van der Waals surface area contributed by atoms with Crippen molar-refractivity contribution in [1.29, 1.82) is 0 Å². The van der Waals surface area contributed by atoms with E-state index in [1.807, 2.05) is 54.6 Å². The minimum atomic E-state index is -0.347. The normalized spacial score (nSPS) is 11.7. The maximum absolute atomic E-state index is 12.3. The Kier molecular flexibility index (Phi) is 5.33. The van der Waals surface area contributed by atoms with Crippen molar-refractivity contribution in [1.82, 2.24) is 5.32 Å². The molecule has 0 saturated heterocycles. The van der Waals surface area contributed by atoms with E-state index >= 15 is 0 Å². The van der Waals surface area contributed by atoms with Gasteiger partial charge in [-0.2, -0.15) is 0 Å². The Morgan fingerprint density at radius 1 is 1.08 bits per heavy atom. The predicted molar refractivity (Wildman–Crippen MR) is 94.8 cm³/mol. The standard InChI is InChI=1S/C19H16BrNO3/c20-15-8-4-9-16(12-15)24-13-18(22)21-19(17-10-5-11-23-17)14-6-2-1-3-7-14/h1-12,19H,13H2,(H,21,22)/t19-/m1/s1. The maximum Gasteiger partial charge on any atom is 0.258 e. The number of furan rings is 1. The van der Waals surface area contributed by atoms with Crippen LogP contribution in [-0.4, -0.2) is 12.5 Å². The molecule has 0 saturated carbocycles. The van der Waals surface area contributed by atoms with Gasteiger partial charge in [0.2, 0.25) is 0 Å². The zero-order valence-corrected chi connectivity index (χ0v) is 14.4. The third-order valence-corrected chi connectivity index (χ3v) is 3.93. The highest BCUT2D eigenvalue weighted by molar-refractivity contribution is 9.10. The van der Waals surface area contributed by atoms with Crippen LogP contribution in [0, 0.1) is 0 Å². The third-order valence-electron chi connectivity index (χ3n) is 3.43. The number of hydrogen-bond donors (Lipinski definition) is 1. The molecule has 1 amide bonds. The molecule has 0 aliphatic rings. The predicted octanol–water partition coefficient (Wildman–Crippen LogP) is 4.33. The molecule has 3 rings (SSSR count). The van der Waals surface area contributed by atoms with E-state index in [2.05, 4.69) is 21.2 Å². The second-order valence-corrected chi connectivity index (χ2v) is 6.09. The van der Waals surface area contributed by atoms with Gasteiger partial charge in [0.25, 0.3) is 5.91 Å². The molecule has 1 N–H and O–H groups in total. The Morgan fingerprint density at radius 2 is 1.92 bits per heavy atom. The molecule has 3 aromatic rings. The van der Waals surface area contributed by atoms with Crippen LogP contribution in [-0.2, 0) is 4.79 Å². The van der Waals surface area contributed by atoms with E-state index in [4.69, 9.17) is 9.15 Å². The number of carbonyl (C=O) groups excluding carboxylic acids is 1. The average Bonchev–Trinajstić information content (AvgIpc) is 3.13. The van der Waals surface area contributed by atoms with Gasteiger partial charge in [0.1, 0.15) is 17.6 Å². The number of rotatable bonds is 6. The zero-order chi connectivity index (χ0) is 16.8. The van der Waals surface area contributed by atoms with Gasteiger partial charge in [-0.15, -0.1) is 0 Å². The van der Waals surface area contributed by atoms with Gasteiger partial charge < -0.3 is 14.5 Å². The van der Waals surface area contributed by atoms with E-state index < -0.39 is 0 Å². The lowest BCUT2D eigenvalue weighted by Gasteiger charge is -2.17. The first-order valence-corrected chi connectivity index (χ1v) is 8.28. The lowest BCUT2D eigenvalue weighted by molar-refractivity contribution is -0.123. The van der Waals surface area contributed by atoms with Gasteiger partial charge >= 0.3 is 0 Å². The van der Waals surface area contributed by atoms with Crippen molar-refractivity contribution in [2.75, 3.05) is 6.61 Å². The molecule has 0 radical (unpaired) electrons. The van der Waals surface area contributed by atoms with Crippen LogP contribution in [0.1, 0.15) is 17.4 Å². The van der Waals surface area contributed by atoms with Crippen LogP contribution in [0.25, 0.3) is 0 Å². The van der Waals surface area contributed by atoms with E-state index in [0.717, 1.165) is 10.0 Å². The molecule has 0 aliphatic heterocycles. The number of amides is 1. The first-order valence-electron chi connectivity index (χ1n) is 7.48. The first kappa shape index (κ1) is 16.3. The van der Waals surface area contributed by atoms with Crippen LogP contribution in [0.2, 0.25) is 0 Å². The summed E-state index contributed by atoms with van der Waals surface area (Å²) in [6.07, 6.45) is 1.59. The van der Waals surface area contributed by atoms with Crippen LogP contribution >= 0.6 is 15.9 Å². The molecule has 1 atom stereocenters. The lowest BCUT2D eigenvalue weighted by atomic mass is 10.0. The van der Waals surface area contributed by atoms with Crippen LogP contribution in [0.3, 0.4) is 0 Å². The summed E-state index contributed by atoms with van der Waals surface area (Å²) in [7, 11) is 0. The molecule has 122 valence electrons. The van der Waals surface area contributed by atoms with Crippen molar-refractivity contribution in [3.8, 4) is 5.75 Å². The highest BCUT2D eigenvalue weighted by Crippen LogP contribution is 2.22. The molecule has 0 unspecified atom stereocenters. The zero-order valence-electron chi connectivity index (χ0n) is 12.8. The monoisotopic (exact) mass is 385 g/mol. The number of ether oxygens (including phenoxy) is 1. The molecule has 1 aromatic heterocycles. The Morgan fingerprint density at radius 3 is 2.62 bits per heavy atom. The van der Waals surface area contributed by atoms with Gasteiger partial charge in [0, 0.05) is 4.47 Å². The SMILES string of the molecule is O=C(COc1cccc(Br)c1)N[C@H](c1ccccc1)c1ccco1. The van der Waals surface area contributed by atoms with E-state index in [0.29, 0.717) is 11.5 Å². The van der Waals surface area contributed by atoms with Crippen molar-refractivity contribution in [3.63, 3.8) is 0 Å². The summed E-state index contributed by atoms with van der Waals surface area (Å²) < 4.78 is 11.9. The molecule has 2 aromatic carbocycles. The smallest absolute Gasteiger partial charge is 0.258 e. The minimum Gasteiger partial charge on any atom is -0.484 e. The molecular formula is C19H16BrNO3. The minimum absolute atomic E-state index is 0.0690. The second-order valence-electron chi connectivity index (χ2n) is 5.17. The van der Waals surface area contributed by atoms with E-state index in [1.54, 1.807) is 18.4 Å². The molecule has 0 fully saturated rings. The summed E-state index contributed by atoms with van der Waals surface area (Å²) in [6, 6.07) is 20.3. The molecule has 0 spiro atoms. The first-order chi connectivity index (χ1) is 11.7. The van der Waals surface area contributed by atoms with Crippen molar-refractivity contribution in [3.05, 3.63) is 88.8 Å². The average molecular weight is 386 g/mol. The summed E-state index contributed by atoms with van der Waals surface area (Å²) in [5, 5.41) is 2.95. The van der Waals surface area contributed by atoms with Gasteiger partial charge in [0.05, 0.1) is 6.26 Å². The Hall–Kier alpha value is -2.53. The van der Waals surface area contributed by atoms with Gasteiger partial charge in [-0.1, -0.05) is 52.3 Å². The second kappa shape index (κ2) is 7.84. The molecule has 4 nitrogen and oxygen atoms in total. The van der Waals surface area contributed by atoms with Crippen molar-refractivity contribution in [2.24, 2.45) is 0 Å². The number of benzene rings is 2. The fourth-order valence-electron chi connectivity index (χ4n) is 2.33. The number of hydrogen-bond acceptors (Lipinski definition) is 3. The van der Waals surface area contributed by atoms with Crippen LogP contribution < -0.4 is 10.1 Å². The van der Waals surface area contributed by atoms with Crippen LogP contribution in [0.4, 0.5) is 0 Å². The maximum atomic E-state index is 12.3. The fraction of sp³-hybridized carbons (Fsp3) is 0.105. The van der Waals surface area contributed by atoms with Crippen LogP contribution in [0.15, 0.2) is 81.9 Å². The van der Waals surface area contributed by atoms with Crippen molar-refractivity contribution < 1.29 is 13.9 Å². The summed E-state index contributed by atoms with van der Waals surface area (Å²) in [5.74, 6) is 1.09. The molecule has 24 heavy (non-hydrogen) atoms. The van der Waals surface area contributed by atoms with Gasteiger partial charge in [-0.05, 0) is 35.9 Å². The molecular weight excluding hydrogens is 370 g/mol. The van der Waals surface area contributed by atoms with Crippen LogP contribution in [0.5, 0.6) is 5.75 Å². The molecule has 0 aliphatic carbocycles. The lowest BCUT2D eigenvalue weighted by Crippen LogP contribution is -2.33. The highest BCUT2D eigenvalue weighted by atomic mass is 79.9. The van der Waals surface area contributed by atoms with E-state index in [9.17, 15) is 4.79 Å². The summed E-state index contributed by atoms with van der Waals surface area (Å²) in [6.45, 7) is -0.0690. The van der Waals surface area contributed by atoms with Gasteiger partial charge in [-0.25, -0.2) is 0 Å². The van der Waals surface area contributed by atoms with E-state index in [1.165, 1.54) is 0 Å². The van der Waals surface area contributed by atoms with E-state index in [-0.39, 0.29) is 18.6 Å². The summed E-state index contributed by atoms with van der Waals surface area (Å²) >= 11 is 3.37. The Balaban J connectivity index is 1.68. The molecule has 1 heterocycles. The Bertz CT molecular complexity index is 787. The largest absolute Gasteiger partial charge is 0.484 e. The highest BCUT2D eigenvalue weighted by Gasteiger charge is 2.19. The van der Waals surface area contributed by atoms with Crippen molar-refractivity contribution >= 4 is 21.8 Å². The fourth-order valence-corrected chi connectivity index (χ4v) is 2.71. The van der Waals surface area contributed by atoms with Gasteiger partial charge in [0.15, 0.2) is 6.61 Å². The topological polar surface area (TPSA) is 51.5 Å². The van der Waals surface area contributed by atoms with Gasteiger partial charge in [-0.3, -0.25) is 4.79 Å². The third kappa shape index (κ3) is 4.26. The number of halogens is 1. The summed E-state index contributed by atoms with van der Waals surface area (Å²) in [4.78, 5) is 12.3. The quantitative estimate of drug-likeness (QED) is 0.686. The number of carbonyl (C=O) groups is 1. The number of nitrogens with one attached hydrogen (secondary N) is 1. The van der Waals surface area contributed by atoms with Crippen molar-refractivity contribution in [2.45, 2.75) is 6.04 Å².